The summed E-state index contributed by atoms with van der Waals surface area (Å²) >= 11 is 0. The van der Waals surface area contributed by atoms with Gasteiger partial charge < -0.3 is 15.1 Å². The first-order valence-corrected chi connectivity index (χ1v) is 9.06. The van der Waals surface area contributed by atoms with Crippen molar-refractivity contribution in [1.82, 2.24) is 20.4 Å². The lowest BCUT2D eigenvalue weighted by molar-refractivity contribution is -0.145. The predicted octanol–water partition coefficient (Wildman–Crippen LogP) is 0.462. The maximum absolute atomic E-state index is 12.4. The number of piperazine rings is 1. The molecular formula is C19H24N4O4. The Labute approximate surface area is 157 Å². The van der Waals surface area contributed by atoms with Gasteiger partial charge in [0.2, 0.25) is 11.8 Å². The third-order valence-corrected chi connectivity index (χ3v) is 5.12. The maximum Gasteiger partial charge on any atom is 0.322 e. The van der Waals surface area contributed by atoms with Crippen LogP contribution in [0.15, 0.2) is 18.2 Å². The molecule has 27 heavy (non-hydrogen) atoms. The first-order chi connectivity index (χ1) is 12.8. The Balaban J connectivity index is 1.49. The van der Waals surface area contributed by atoms with Gasteiger partial charge in [-0.2, -0.15) is 0 Å². The average molecular weight is 372 g/mol. The number of aryl methyl sites for hydroxylation is 2. The van der Waals surface area contributed by atoms with Crippen molar-refractivity contribution in [2.75, 3.05) is 19.6 Å². The molecule has 1 aromatic rings. The molecule has 0 aliphatic carbocycles. The number of urea groups is 1. The Hall–Kier alpha value is -2.90. The number of imide groups is 1. The minimum absolute atomic E-state index is 0.0485. The van der Waals surface area contributed by atoms with Crippen molar-refractivity contribution in [3.63, 3.8) is 0 Å². The summed E-state index contributed by atoms with van der Waals surface area (Å²) in [6.45, 7) is 5.64. The van der Waals surface area contributed by atoms with Gasteiger partial charge in [-0.3, -0.25) is 19.7 Å². The van der Waals surface area contributed by atoms with Crippen LogP contribution in [0, 0.1) is 13.8 Å². The van der Waals surface area contributed by atoms with E-state index in [2.05, 4.69) is 23.6 Å². The first kappa shape index (κ1) is 18.9. The molecule has 8 heteroatoms. The molecule has 0 aromatic heterocycles. The van der Waals surface area contributed by atoms with Crippen LogP contribution in [0.5, 0.6) is 0 Å². The van der Waals surface area contributed by atoms with Crippen molar-refractivity contribution in [2.24, 2.45) is 0 Å². The molecule has 2 N–H and O–H groups in total. The van der Waals surface area contributed by atoms with E-state index in [-0.39, 0.29) is 31.2 Å². The molecule has 2 aliphatic rings. The summed E-state index contributed by atoms with van der Waals surface area (Å²) in [4.78, 5) is 50.7. The fourth-order valence-corrected chi connectivity index (χ4v) is 3.30. The molecule has 2 heterocycles. The van der Waals surface area contributed by atoms with Crippen molar-refractivity contribution in [3.05, 3.63) is 34.9 Å². The van der Waals surface area contributed by atoms with Crippen LogP contribution in [-0.2, 0) is 20.9 Å². The standard InChI is InChI=1S/C19H24N4O4/c1-12-3-4-14(9-13(12)2)10-22-7-8-23(11-17(22)25)16(24)6-5-15-18(26)21-19(27)20-15/h3-4,9,15H,5-8,10-11H2,1-2H3,(H2,20,21,26,27). The molecule has 0 spiro atoms. The zero-order valence-corrected chi connectivity index (χ0v) is 15.6. The molecule has 1 atom stereocenters. The molecule has 5 amide bonds. The SMILES string of the molecule is Cc1ccc(CN2CCN(C(=O)CCC3NC(=O)NC3=O)CC2=O)cc1C. The lowest BCUT2D eigenvalue weighted by Gasteiger charge is -2.34. The fourth-order valence-electron chi connectivity index (χ4n) is 3.30. The molecule has 2 aliphatic heterocycles. The molecule has 0 bridgehead atoms. The van der Waals surface area contributed by atoms with Crippen LogP contribution >= 0.6 is 0 Å². The quantitative estimate of drug-likeness (QED) is 0.734. The van der Waals surface area contributed by atoms with E-state index in [1.807, 2.05) is 19.1 Å². The van der Waals surface area contributed by atoms with E-state index in [0.29, 0.717) is 19.6 Å². The highest BCUT2D eigenvalue weighted by atomic mass is 16.2. The molecule has 8 nitrogen and oxygen atoms in total. The van der Waals surface area contributed by atoms with E-state index < -0.39 is 18.0 Å². The number of rotatable bonds is 5. The smallest absolute Gasteiger partial charge is 0.322 e. The van der Waals surface area contributed by atoms with E-state index in [1.54, 1.807) is 4.90 Å². The second-order valence-electron chi connectivity index (χ2n) is 7.10. The van der Waals surface area contributed by atoms with Crippen LogP contribution < -0.4 is 10.6 Å². The van der Waals surface area contributed by atoms with E-state index in [4.69, 9.17) is 0 Å². The van der Waals surface area contributed by atoms with Crippen molar-refractivity contribution in [3.8, 4) is 0 Å². The molecule has 0 radical (unpaired) electrons. The average Bonchev–Trinajstić information content (AvgIpc) is 2.95. The Morgan fingerprint density at radius 3 is 2.56 bits per heavy atom. The Morgan fingerprint density at radius 2 is 1.93 bits per heavy atom. The van der Waals surface area contributed by atoms with E-state index in [1.165, 1.54) is 16.0 Å². The second-order valence-corrected chi connectivity index (χ2v) is 7.10. The number of carbonyl (C=O) groups excluding carboxylic acids is 4. The minimum Gasteiger partial charge on any atom is -0.335 e. The van der Waals surface area contributed by atoms with Crippen molar-refractivity contribution in [2.45, 2.75) is 39.3 Å². The molecule has 0 saturated carbocycles. The highest BCUT2D eigenvalue weighted by Crippen LogP contribution is 2.15. The molecule has 3 rings (SSSR count). The molecule has 1 unspecified atom stereocenters. The summed E-state index contributed by atoms with van der Waals surface area (Å²) in [6, 6.07) is 4.94. The molecule has 2 saturated heterocycles. The fraction of sp³-hybridized carbons (Fsp3) is 0.474. The van der Waals surface area contributed by atoms with Crippen molar-refractivity contribution < 1.29 is 19.2 Å². The van der Waals surface area contributed by atoms with Gasteiger partial charge in [0.15, 0.2) is 0 Å². The van der Waals surface area contributed by atoms with Gasteiger partial charge in [0.1, 0.15) is 6.04 Å². The number of nitrogens with zero attached hydrogens (tertiary/aromatic N) is 2. The van der Waals surface area contributed by atoms with Crippen LogP contribution in [0.3, 0.4) is 0 Å². The zero-order valence-electron chi connectivity index (χ0n) is 15.6. The number of amides is 5. The normalized spacial score (nSPS) is 19.9. The molecular weight excluding hydrogens is 348 g/mol. The van der Waals surface area contributed by atoms with Crippen LogP contribution in [-0.4, -0.2) is 59.2 Å². The number of hydrogen-bond acceptors (Lipinski definition) is 4. The summed E-state index contributed by atoms with van der Waals surface area (Å²) in [7, 11) is 0. The van der Waals surface area contributed by atoms with Gasteiger partial charge in [-0.05, 0) is 37.0 Å². The Morgan fingerprint density at radius 1 is 1.15 bits per heavy atom. The summed E-state index contributed by atoms with van der Waals surface area (Å²) in [6.07, 6.45) is 0.344. The maximum atomic E-state index is 12.4. The van der Waals surface area contributed by atoms with Crippen LogP contribution in [0.1, 0.15) is 29.5 Å². The number of benzene rings is 1. The third kappa shape index (κ3) is 4.45. The number of hydrogen-bond donors (Lipinski definition) is 2. The van der Waals surface area contributed by atoms with E-state index >= 15 is 0 Å². The molecule has 1 aromatic carbocycles. The third-order valence-electron chi connectivity index (χ3n) is 5.12. The number of carbonyl (C=O) groups is 4. The summed E-state index contributed by atoms with van der Waals surface area (Å²) < 4.78 is 0. The number of nitrogens with one attached hydrogen (secondary N) is 2. The van der Waals surface area contributed by atoms with Gasteiger partial charge in [-0.1, -0.05) is 18.2 Å². The van der Waals surface area contributed by atoms with Gasteiger partial charge in [0, 0.05) is 26.1 Å². The van der Waals surface area contributed by atoms with Crippen molar-refractivity contribution in [1.29, 1.82) is 0 Å². The second kappa shape index (κ2) is 7.77. The lowest BCUT2D eigenvalue weighted by Crippen LogP contribution is -2.52. The van der Waals surface area contributed by atoms with Gasteiger partial charge in [0.25, 0.3) is 5.91 Å². The lowest BCUT2D eigenvalue weighted by atomic mass is 10.1. The largest absolute Gasteiger partial charge is 0.335 e. The summed E-state index contributed by atoms with van der Waals surface area (Å²) in [5.74, 6) is -0.676. The Bertz CT molecular complexity index is 792. The van der Waals surface area contributed by atoms with Gasteiger partial charge in [0.05, 0.1) is 6.54 Å². The zero-order chi connectivity index (χ0) is 19.6. The topological polar surface area (TPSA) is 98.8 Å². The van der Waals surface area contributed by atoms with Gasteiger partial charge in [-0.25, -0.2) is 4.79 Å². The van der Waals surface area contributed by atoms with E-state index in [9.17, 15) is 19.2 Å². The van der Waals surface area contributed by atoms with E-state index in [0.717, 1.165) is 5.56 Å². The van der Waals surface area contributed by atoms with Crippen LogP contribution in [0.25, 0.3) is 0 Å². The summed E-state index contributed by atoms with van der Waals surface area (Å²) in [5, 5.41) is 4.61. The molecule has 2 fully saturated rings. The monoisotopic (exact) mass is 372 g/mol. The van der Waals surface area contributed by atoms with Gasteiger partial charge >= 0.3 is 6.03 Å². The minimum atomic E-state index is -0.678. The van der Waals surface area contributed by atoms with Crippen molar-refractivity contribution >= 4 is 23.8 Å². The Kier molecular flexibility index (Phi) is 5.43. The highest BCUT2D eigenvalue weighted by molar-refractivity contribution is 6.04. The molecule has 144 valence electrons. The first-order valence-electron chi connectivity index (χ1n) is 9.06. The summed E-state index contributed by atoms with van der Waals surface area (Å²) in [5.41, 5.74) is 3.48. The highest BCUT2D eigenvalue weighted by Gasteiger charge is 2.31. The van der Waals surface area contributed by atoms with Crippen LogP contribution in [0.4, 0.5) is 4.79 Å². The van der Waals surface area contributed by atoms with Crippen LogP contribution in [0.2, 0.25) is 0 Å². The predicted molar refractivity (Wildman–Crippen MR) is 97.6 cm³/mol. The van der Waals surface area contributed by atoms with Gasteiger partial charge in [-0.15, -0.1) is 0 Å².